The van der Waals surface area contributed by atoms with Gasteiger partial charge in [0.2, 0.25) is 5.91 Å². The summed E-state index contributed by atoms with van der Waals surface area (Å²) in [5, 5.41) is 0. The van der Waals surface area contributed by atoms with Crippen LogP contribution in [0.5, 0.6) is 0 Å². The Bertz CT molecular complexity index is 766. The molecule has 1 heterocycles. The summed E-state index contributed by atoms with van der Waals surface area (Å²) < 4.78 is 0. The topological polar surface area (TPSA) is 26.8 Å². The van der Waals surface area contributed by atoms with Crippen LogP contribution in [0.4, 0.5) is 0 Å². The van der Waals surface area contributed by atoms with E-state index >= 15 is 0 Å². The number of hydrogen-bond acceptors (Lipinski definition) is 3. The minimum atomic E-state index is 0.199. The molecule has 0 aliphatic carbocycles. The highest BCUT2D eigenvalue weighted by molar-refractivity contribution is 5.78. The molecule has 2 aromatic carbocycles. The van der Waals surface area contributed by atoms with Gasteiger partial charge in [-0.1, -0.05) is 54.1 Å². The van der Waals surface area contributed by atoms with Crippen molar-refractivity contribution < 1.29 is 4.79 Å². The molecule has 1 aliphatic rings. The first-order chi connectivity index (χ1) is 13.0. The number of nitrogens with zero attached hydrogens (tertiary/aromatic N) is 3. The smallest absolute Gasteiger partial charge is 0.236 e. The largest absolute Gasteiger partial charge is 0.340 e. The second-order valence-electron chi connectivity index (χ2n) is 7.72. The number of carbonyl (C=O) groups is 1. The van der Waals surface area contributed by atoms with Crippen LogP contribution in [0.25, 0.3) is 0 Å². The summed E-state index contributed by atoms with van der Waals surface area (Å²) in [7, 11) is 1.91. The maximum Gasteiger partial charge on any atom is 0.236 e. The fourth-order valence-corrected chi connectivity index (χ4v) is 3.62. The molecule has 2 aromatic rings. The summed E-state index contributed by atoms with van der Waals surface area (Å²) in [6, 6.07) is 17.0. The van der Waals surface area contributed by atoms with Gasteiger partial charge in [-0.3, -0.25) is 14.6 Å². The average Bonchev–Trinajstić information content (AvgIpc) is 2.65. The van der Waals surface area contributed by atoms with Crippen LogP contribution in [0.15, 0.2) is 48.5 Å². The lowest BCUT2D eigenvalue weighted by Crippen LogP contribution is -2.49. The van der Waals surface area contributed by atoms with Crippen LogP contribution in [-0.4, -0.2) is 60.4 Å². The Balaban J connectivity index is 1.44. The third-order valence-corrected chi connectivity index (χ3v) is 5.41. The maximum atomic E-state index is 12.6. The number of amides is 1. The summed E-state index contributed by atoms with van der Waals surface area (Å²) >= 11 is 0. The van der Waals surface area contributed by atoms with E-state index in [4.69, 9.17) is 0 Å². The number of aryl methyl sites for hydroxylation is 2. The minimum absolute atomic E-state index is 0.199. The molecule has 1 aliphatic heterocycles. The van der Waals surface area contributed by atoms with Crippen LogP contribution in [0.2, 0.25) is 0 Å². The van der Waals surface area contributed by atoms with Gasteiger partial charge >= 0.3 is 0 Å². The van der Waals surface area contributed by atoms with Gasteiger partial charge in [0, 0.05) is 46.3 Å². The van der Waals surface area contributed by atoms with Crippen molar-refractivity contribution in [1.82, 2.24) is 14.7 Å². The molecule has 27 heavy (non-hydrogen) atoms. The minimum Gasteiger partial charge on any atom is -0.340 e. The Morgan fingerprint density at radius 2 is 1.67 bits per heavy atom. The summed E-state index contributed by atoms with van der Waals surface area (Å²) in [6.45, 7) is 10.4. The van der Waals surface area contributed by atoms with E-state index in [1.807, 2.05) is 24.1 Å². The van der Waals surface area contributed by atoms with E-state index in [2.05, 4.69) is 60.0 Å². The van der Waals surface area contributed by atoms with Crippen LogP contribution in [-0.2, 0) is 17.9 Å². The normalized spacial score (nSPS) is 15.7. The molecule has 4 nitrogen and oxygen atoms in total. The zero-order valence-corrected chi connectivity index (χ0v) is 16.8. The van der Waals surface area contributed by atoms with E-state index in [9.17, 15) is 4.79 Å². The lowest BCUT2D eigenvalue weighted by molar-refractivity contribution is -0.132. The van der Waals surface area contributed by atoms with E-state index in [-0.39, 0.29) is 5.91 Å². The van der Waals surface area contributed by atoms with Gasteiger partial charge in [0.15, 0.2) is 0 Å². The zero-order valence-electron chi connectivity index (χ0n) is 16.8. The molecule has 1 saturated heterocycles. The number of piperazine rings is 1. The van der Waals surface area contributed by atoms with Crippen LogP contribution >= 0.6 is 0 Å². The first-order valence-electron chi connectivity index (χ1n) is 9.80. The molecule has 0 N–H and O–H groups in total. The lowest BCUT2D eigenvalue weighted by Gasteiger charge is -2.35. The van der Waals surface area contributed by atoms with Crippen molar-refractivity contribution in [3.05, 3.63) is 70.8 Å². The SMILES string of the molecule is Cc1cccc(CN2CCN(CC(=O)N(C)Cc3ccccc3C)CC2)c1. The van der Waals surface area contributed by atoms with Gasteiger partial charge in [0.05, 0.1) is 6.54 Å². The monoisotopic (exact) mass is 365 g/mol. The van der Waals surface area contributed by atoms with E-state index in [0.717, 1.165) is 32.7 Å². The summed E-state index contributed by atoms with van der Waals surface area (Å²) in [5.41, 5.74) is 5.14. The van der Waals surface area contributed by atoms with Gasteiger partial charge in [0.25, 0.3) is 0 Å². The first kappa shape index (κ1) is 19.6. The molecule has 144 valence electrons. The van der Waals surface area contributed by atoms with E-state index in [1.165, 1.54) is 22.3 Å². The Morgan fingerprint density at radius 3 is 2.37 bits per heavy atom. The van der Waals surface area contributed by atoms with E-state index < -0.39 is 0 Å². The van der Waals surface area contributed by atoms with Crippen molar-refractivity contribution in [2.45, 2.75) is 26.9 Å². The fourth-order valence-electron chi connectivity index (χ4n) is 3.62. The number of carbonyl (C=O) groups excluding carboxylic acids is 1. The van der Waals surface area contributed by atoms with Crippen LogP contribution in [0.1, 0.15) is 22.3 Å². The molecule has 0 bridgehead atoms. The number of hydrogen-bond donors (Lipinski definition) is 0. The first-order valence-corrected chi connectivity index (χ1v) is 9.80. The van der Waals surface area contributed by atoms with Gasteiger partial charge in [-0.2, -0.15) is 0 Å². The van der Waals surface area contributed by atoms with Gasteiger partial charge in [-0.15, -0.1) is 0 Å². The molecule has 1 fully saturated rings. The van der Waals surface area contributed by atoms with Gasteiger partial charge in [-0.05, 0) is 30.5 Å². The Hall–Kier alpha value is -2.17. The van der Waals surface area contributed by atoms with Crippen molar-refractivity contribution in [3.63, 3.8) is 0 Å². The molecule has 0 atom stereocenters. The maximum absolute atomic E-state index is 12.6. The molecule has 0 saturated carbocycles. The van der Waals surface area contributed by atoms with Gasteiger partial charge in [-0.25, -0.2) is 0 Å². The van der Waals surface area contributed by atoms with Gasteiger partial charge in [0.1, 0.15) is 0 Å². The third-order valence-electron chi connectivity index (χ3n) is 5.41. The summed E-state index contributed by atoms with van der Waals surface area (Å²) in [6.07, 6.45) is 0. The average molecular weight is 366 g/mol. The highest BCUT2D eigenvalue weighted by atomic mass is 16.2. The lowest BCUT2D eigenvalue weighted by atomic mass is 10.1. The van der Waals surface area contributed by atoms with Crippen molar-refractivity contribution in [2.75, 3.05) is 39.8 Å². The Kier molecular flexibility index (Phi) is 6.64. The van der Waals surface area contributed by atoms with Crippen molar-refractivity contribution in [3.8, 4) is 0 Å². The van der Waals surface area contributed by atoms with Crippen molar-refractivity contribution in [2.24, 2.45) is 0 Å². The molecule has 3 rings (SSSR count). The van der Waals surface area contributed by atoms with Crippen molar-refractivity contribution >= 4 is 5.91 Å². The highest BCUT2D eigenvalue weighted by Gasteiger charge is 2.20. The molecule has 1 amide bonds. The molecule has 0 radical (unpaired) electrons. The second kappa shape index (κ2) is 9.16. The molecule has 0 aromatic heterocycles. The quantitative estimate of drug-likeness (QED) is 0.787. The summed E-state index contributed by atoms with van der Waals surface area (Å²) in [5.74, 6) is 0.199. The van der Waals surface area contributed by atoms with Crippen LogP contribution in [0.3, 0.4) is 0 Å². The number of rotatable bonds is 6. The molecule has 4 heteroatoms. The number of likely N-dealkylation sites (N-methyl/N-ethyl adjacent to an activating group) is 1. The predicted octanol–water partition coefficient (Wildman–Crippen LogP) is 3.08. The Labute approximate surface area is 163 Å². The van der Waals surface area contributed by atoms with Crippen LogP contribution in [0, 0.1) is 13.8 Å². The molecule has 0 unspecified atom stereocenters. The Morgan fingerprint density at radius 1 is 0.963 bits per heavy atom. The summed E-state index contributed by atoms with van der Waals surface area (Å²) in [4.78, 5) is 19.2. The standard InChI is InChI=1S/C23H31N3O/c1-19-7-6-9-21(15-19)16-25-11-13-26(14-12-25)18-23(27)24(3)17-22-10-5-4-8-20(22)2/h4-10,15H,11-14,16-18H2,1-3H3. The molecular formula is C23H31N3O. The highest BCUT2D eigenvalue weighted by Crippen LogP contribution is 2.12. The van der Waals surface area contributed by atoms with Crippen molar-refractivity contribution in [1.29, 1.82) is 0 Å². The number of benzene rings is 2. The molecular weight excluding hydrogens is 334 g/mol. The van der Waals surface area contributed by atoms with E-state index in [0.29, 0.717) is 13.1 Å². The predicted molar refractivity (Wildman–Crippen MR) is 111 cm³/mol. The zero-order chi connectivity index (χ0) is 19.2. The fraction of sp³-hybridized carbons (Fsp3) is 0.435. The third kappa shape index (κ3) is 5.65. The van der Waals surface area contributed by atoms with E-state index in [1.54, 1.807) is 0 Å². The van der Waals surface area contributed by atoms with Gasteiger partial charge < -0.3 is 4.90 Å². The second-order valence-corrected chi connectivity index (χ2v) is 7.72. The van der Waals surface area contributed by atoms with Crippen LogP contribution < -0.4 is 0 Å². The molecule has 0 spiro atoms.